The number of carbonyl (C=O) groups excluding carboxylic acids is 1. The van der Waals surface area contributed by atoms with E-state index in [9.17, 15) is 13.2 Å². The number of amides is 1. The predicted octanol–water partition coefficient (Wildman–Crippen LogP) is 5.28. The Kier molecular flexibility index (Phi) is 10.6. The van der Waals surface area contributed by atoms with Crippen LogP contribution in [0.2, 0.25) is 0 Å². The maximum absolute atomic E-state index is 12.4. The highest BCUT2D eigenvalue weighted by atomic mass is 32.2. The van der Waals surface area contributed by atoms with Crippen molar-refractivity contribution in [2.24, 2.45) is 0 Å². The standard InChI is InChI=1S/C28H40N2O4S/c1-3-19-29(20-10-11-22-30-21-9-5-8-14-28(30)31)24(2)23-25-15-17-26(18-16-25)34-35(32,33)27-12-6-4-7-13-27/h4,6-7,12-13,15-18,24H,3,5,8-11,14,19-23H2,1-2H3. The van der Waals surface area contributed by atoms with E-state index in [1.807, 2.05) is 12.1 Å². The Morgan fingerprint density at radius 2 is 1.71 bits per heavy atom. The van der Waals surface area contributed by atoms with Gasteiger partial charge in [0.25, 0.3) is 0 Å². The Morgan fingerprint density at radius 1 is 0.971 bits per heavy atom. The zero-order chi connectivity index (χ0) is 25.1. The maximum atomic E-state index is 12.4. The molecule has 1 fully saturated rings. The van der Waals surface area contributed by atoms with E-state index in [2.05, 4.69) is 23.6 Å². The second-order valence-electron chi connectivity index (χ2n) is 9.48. The van der Waals surface area contributed by atoms with Crippen molar-refractivity contribution < 1.29 is 17.4 Å². The number of carbonyl (C=O) groups is 1. The molecule has 0 N–H and O–H groups in total. The van der Waals surface area contributed by atoms with Crippen LogP contribution in [0.25, 0.3) is 0 Å². The fourth-order valence-corrected chi connectivity index (χ4v) is 5.60. The van der Waals surface area contributed by atoms with Gasteiger partial charge in [-0.1, -0.05) is 43.7 Å². The van der Waals surface area contributed by atoms with Crippen molar-refractivity contribution in [3.05, 3.63) is 60.2 Å². The van der Waals surface area contributed by atoms with Crippen molar-refractivity contribution in [3.8, 4) is 5.75 Å². The van der Waals surface area contributed by atoms with Gasteiger partial charge in [-0.25, -0.2) is 0 Å². The molecule has 1 unspecified atom stereocenters. The molecule has 192 valence electrons. The molecule has 0 aliphatic carbocycles. The average molecular weight is 501 g/mol. The number of benzene rings is 2. The van der Waals surface area contributed by atoms with Crippen molar-refractivity contribution >= 4 is 16.0 Å². The second-order valence-corrected chi connectivity index (χ2v) is 11.0. The molecule has 1 heterocycles. The zero-order valence-electron chi connectivity index (χ0n) is 21.2. The Bertz CT molecular complexity index is 1010. The van der Waals surface area contributed by atoms with E-state index < -0.39 is 10.1 Å². The van der Waals surface area contributed by atoms with Gasteiger partial charge in [0.2, 0.25) is 5.91 Å². The summed E-state index contributed by atoms with van der Waals surface area (Å²) in [5, 5.41) is 0. The molecule has 0 radical (unpaired) electrons. The molecular formula is C28H40N2O4S. The summed E-state index contributed by atoms with van der Waals surface area (Å²) in [4.78, 5) is 16.9. The molecule has 2 aromatic rings. The lowest BCUT2D eigenvalue weighted by molar-refractivity contribution is -0.130. The molecule has 2 aromatic carbocycles. The van der Waals surface area contributed by atoms with Crippen LogP contribution in [-0.4, -0.2) is 56.3 Å². The van der Waals surface area contributed by atoms with Crippen LogP contribution in [0.5, 0.6) is 5.75 Å². The number of likely N-dealkylation sites (tertiary alicyclic amines) is 1. The first kappa shape index (κ1) is 27.2. The minimum absolute atomic E-state index is 0.146. The third kappa shape index (κ3) is 8.65. The summed E-state index contributed by atoms with van der Waals surface area (Å²) in [5.41, 5.74) is 1.15. The van der Waals surface area contributed by atoms with Gasteiger partial charge < -0.3 is 14.0 Å². The minimum atomic E-state index is -3.83. The molecule has 1 saturated heterocycles. The third-order valence-corrected chi connectivity index (χ3v) is 7.88. The van der Waals surface area contributed by atoms with Gasteiger partial charge in [0.1, 0.15) is 10.6 Å². The fraction of sp³-hybridized carbons (Fsp3) is 0.536. The van der Waals surface area contributed by atoms with Crippen molar-refractivity contribution in [1.29, 1.82) is 0 Å². The van der Waals surface area contributed by atoms with Crippen molar-refractivity contribution in [3.63, 3.8) is 0 Å². The molecule has 1 amide bonds. The molecule has 35 heavy (non-hydrogen) atoms. The summed E-state index contributed by atoms with van der Waals surface area (Å²) in [5.74, 6) is 0.643. The van der Waals surface area contributed by atoms with Gasteiger partial charge >= 0.3 is 10.1 Å². The van der Waals surface area contributed by atoms with E-state index in [1.54, 1.807) is 30.3 Å². The number of hydrogen-bond acceptors (Lipinski definition) is 5. The Labute approximate surface area is 211 Å². The third-order valence-electron chi connectivity index (χ3n) is 6.62. The van der Waals surface area contributed by atoms with Gasteiger partial charge in [0, 0.05) is 25.6 Å². The van der Waals surface area contributed by atoms with Crippen molar-refractivity contribution in [2.75, 3.05) is 26.2 Å². The summed E-state index contributed by atoms with van der Waals surface area (Å²) in [7, 11) is -3.83. The fourth-order valence-electron chi connectivity index (χ4n) is 4.65. The van der Waals surface area contributed by atoms with Crippen LogP contribution in [0.4, 0.5) is 0 Å². The summed E-state index contributed by atoms with van der Waals surface area (Å²) in [6.07, 6.45) is 8.15. The summed E-state index contributed by atoms with van der Waals surface area (Å²) < 4.78 is 30.2. The molecular weight excluding hydrogens is 460 g/mol. The maximum Gasteiger partial charge on any atom is 0.339 e. The molecule has 1 aliphatic rings. The summed E-state index contributed by atoms with van der Waals surface area (Å²) >= 11 is 0. The van der Waals surface area contributed by atoms with E-state index in [-0.39, 0.29) is 4.90 Å². The lowest BCUT2D eigenvalue weighted by Crippen LogP contribution is -2.37. The predicted molar refractivity (Wildman–Crippen MR) is 140 cm³/mol. The molecule has 0 bridgehead atoms. The number of rotatable bonds is 13. The van der Waals surface area contributed by atoms with Crippen LogP contribution in [0.15, 0.2) is 59.5 Å². The van der Waals surface area contributed by atoms with E-state index in [4.69, 9.17) is 4.18 Å². The van der Waals surface area contributed by atoms with Crippen LogP contribution >= 0.6 is 0 Å². The molecule has 0 saturated carbocycles. The largest absolute Gasteiger partial charge is 0.379 e. The SMILES string of the molecule is CCCN(CCCCN1CCCCCC1=O)C(C)Cc1ccc(OS(=O)(=O)c2ccccc2)cc1. The highest BCUT2D eigenvalue weighted by Gasteiger charge is 2.18. The van der Waals surface area contributed by atoms with Gasteiger partial charge in [-0.15, -0.1) is 0 Å². The Morgan fingerprint density at radius 3 is 2.43 bits per heavy atom. The Hall–Kier alpha value is -2.38. The lowest BCUT2D eigenvalue weighted by atomic mass is 10.0. The average Bonchev–Trinajstić information content (AvgIpc) is 3.06. The summed E-state index contributed by atoms with van der Waals surface area (Å²) in [6, 6.07) is 15.9. The van der Waals surface area contributed by atoms with E-state index in [0.29, 0.717) is 24.1 Å². The van der Waals surface area contributed by atoms with E-state index >= 15 is 0 Å². The number of nitrogens with zero attached hydrogens (tertiary/aromatic N) is 2. The van der Waals surface area contributed by atoms with Crippen molar-refractivity contribution in [1.82, 2.24) is 9.80 Å². The molecule has 0 spiro atoms. The van der Waals surface area contributed by atoms with Crippen LogP contribution in [0, 0.1) is 0 Å². The number of hydrogen-bond donors (Lipinski definition) is 0. The highest BCUT2D eigenvalue weighted by Crippen LogP contribution is 2.20. The van der Waals surface area contributed by atoms with Gasteiger partial charge in [-0.2, -0.15) is 8.42 Å². The smallest absolute Gasteiger partial charge is 0.339 e. The van der Waals surface area contributed by atoms with Crippen molar-refractivity contribution in [2.45, 2.75) is 76.2 Å². The second kappa shape index (κ2) is 13.6. The first-order chi connectivity index (χ1) is 16.9. The lowest BCUT2D eigenvalue weighted by Gasteiger charge is -2.29. The molecule has 0 aromatic heterocycles. The first-order valence-electron chi connectivity index (χ1n) is 13.0. The molecule has 1 atom stereocenters. The molecule has 1 aliphatic heterocycles. The normalized spacial score (nSPS) is 15.7. The van der Waals surface area contributed by atoms with Gasteiger partial charge in [0.15, 0.2) is 0 Å². The van der Waals surface area contributed by atoms with E-state index in [1.165, 1.54) is 18.6 Å². The number of unbranched alkanes of at least 4 members (excludes halogenated alkanes) is 1. The van der Waals surface area contributed by atoms with Crippen LogP contribution < -0.4 is 4.18 Å². The van der Waals surface area contributed by atoms with Crippen LogP contribution in [-0.2, 0) is 21.3 Å². The molecule has 7 heteroatoms. The van der Waals surface area contributed by atoms with Crippen LogP contribution in [0.1, 0.15) is 64.4 Å². The van der Waals surface area contributed by atoms with Crippen LogP contribution in [0.3, 0.4) is 0 Å². The van der Waals surface area contributed by atoms with Gasteiger partial charge in [-0.05, 0) is 88.4 Å². The highest BCUT2D eigenvalue weighted by molar-refractivity contribution is 7.87. The topological polar surface area (TPSA) is 66.9 Å². The van der Waals surface area contributed by atoms with Gasteiger partial charge in [-0.3, -0.25) is 4.79 Å². The molecule has 3 rings (SSSR count). The summed E-state index contributed by atoms with van der Waals surface area (Å²) in [6.45, 7) is 8.31. The minimum Gasteiger partial charge on any atom is -0.379 e. The Balaban J connectivity index is 1.48. The monoisotopic (exact) mass is 500 g/mol. The van der Waals surface area contributed by atoms with E-state index in [0.717, 1.165) is 70.3 Å². The quantitative estimate of drug-likeness (QED) is 0.277. The van der Waals surface area contributed by atoms with Gasteiger partial charge in [0.05, 0.1) is 0 Å². The first-order valence-corrected chi connectivity index (χ1v) is 14.4. The molecule has 6 nitrogen and oxygen atoms in total. The zero-order valence-corrected chi connectivity index (χ0v) is 22.0.